The molecule has 3 rings (SSSR count). The van der Waals surface area contributed by atoms with Crippen LogP contribution < -0.4 is 16.0 Å². The molecule has 24 heavy (non-hydrogen) atoms. The Balaban J connectivity index is 1.92. The lowest BCUT2D eigenvalue weighted by molar-refractivity contribution is -0.113. The molecular weight excluding hydrogens is 309 g/mol. The SMILES string of the molecule is CC1=C(C(=O)Nc2ccc(F)cc2)C(c2ccccc2)NC(=O)N1. The van der Waals surface area contributed by atoms with Crippen molar-refractivity contribution in [1.82, 2.24) is 10.6 Å². The summed E-state index contributed by atoms with van der Waals surface area (Å²) in [4.78, 5) is 24.5. The molecular formula is C18H16FN3O2. The van der Waals surface area contributed by atoms with Crippen molar-refractivity contribution in [1.29, 1.82) is 0 Å². The van der Waals surface area contributed by atoms with Crippen molar-refractivity contribution in [2.75, 3.05) is 5.32 Å². The molecule has 0 saturated carbocycles. The molecule has 0 bridgehead atoms. The van der Waals surface area contributed by atoms with Gasteiger partial charge in [-0.25, -0.2) is 9.18 Å². The quantitative estimate of drug-likeness (QED) is 0.811. The number of carbonyl (C=O) groups excluding carboxylic acids is 2. The lowest BCUT2D eigenvalue weighted by Gasteiger charge is -2.28. The monoisotopic (exact) mass is 325 g/mol. The van der Waals surface area contributed by atoms with Gasteiger partial charge in [-0.2, -0.15) is 0 Å². The van der Waals surface area contributed by atoms with Gasteiger partial charge in [-0.3, -0.25) is 4.79 Å². The summed E-state index contributed by atoms with van der Waals surface area (Å²) >= 11 is 0. The molecule has 0 radical (unpaired) electrons. The molecule has 3 N–H and O–H groups in total. The Labute approximate surface area is 138 Å². The lowest BCUT2D eigenvalue weighted by Crippen LogP contribution is -2.45. The van der Waals surface area contributed by atoms with Crippen molar-refractivity contribution in [2.24, 2.45) is 0 Å². The number of halogens is 1. The van der Waals surface area contributed by atoms with Crippen LogP contribution >= 0.6 is 0 Å². The highest BCUT2D eigenvalue weighted by Crippen LogP contribution is 2.27. The molecule has 1 aliphatic heterocycles. The van der Waals surface area contributed by atoms with Crippen LogP contribution in [0.1, 0.15) is 18.5 Å². The Morgan fingerprint density at radius 1 is 1.08 bits per heavy atom. The smallest absolute Gasteiger partial charge is 0.319 e. The fourth-order valence-corrected chi connectivity index (χ4v) is 2.62. The first kappa shape index (κ1) is 15.7. The maximum atomic E-state index is 13.0. The number of benzene rings is 2. The van der Waals surface area contributed by atoms with Gasteiger partial charge in [0.1, 0.15) is 5.82 Å². The van der Waals surface area contributed by atoms with Gasteiger partial charge in [0.05, 0.1) is 11.6 Å². The van der Waals surface area contributed by atoms with E-state index in [4.69, 9.17) is 0 Å². The number of hydrogen-bond acceptors (Lipinski definition) is 2. The Bertz CT molecular complexity index is 801. The Hall–Kier alpha value is -3.15. The van der Waals surface area contributed by atoms with E-state index in [1.807, 2.05) is 30.3 Å². The number of nitrogens with one attached hydrogen (secondary N) is 3. The fourth-order valence-electron chi connectivity index (χ4n) is 2.62. The third kappa shape index (κ3) is 3.27. The van der Waals surface area contributed by atoms with Gasteiger partial charge >= 0.3 is 6.03 Å². The minimum absolute atomic E-state index is 0.361. The van der Waals surface area contributed by atoms with Gasteiger partial charge in [0, 0.05) is 11.4 Å². The minimum Gasteiger partial charge on any atom is -0.327 e. The summed E-state index contributed by atoms with van der Waals surface area (Å²) in [5.74, 6) is -0.738. The van der Waals surface area contributed by atoms with Crippen molar-refractivity contribution in [2.45, 2.75) is 13.0 Å². The highest BCUT2D eigenvalue weighted by atomic mass is 19.1. The van der Waals surface area contributed by atoms with E-state index >= 15 is 0 Å². The third-order valence-electron chi connectivity index (χ3n) is 3.75. The second kappa shape index (κ2) is 6.54. The molecule has 122 valence electrons. The first-order valence-corrected chi connectivity index (χ1v) is 7.45. The van der Waals surface area contributed by atoms with Gasteiger partial charge in [-0.05, 0) is 36.8 Å². The predicted molar refractivity (Wildman–Crippen MR) is 88.6 cm³/mol. The van der Waals surface area contributed by atoms with E-state index in [0.717, 1.165) is 5.56 Å². The van der Waals surface area contributed by atoms with Gasteiger partial charge < -0.3 is 16.0 Å². The zero-order chi connectivity index (χ0) is 17.1. The van der Waals surface area contributed by atoms with Crippen molar-refractivity contribution in [3.63, 3.8) is 0 Å². The van der Waals surface area contributed by atoms with Crippen LogP contribution in [0.4, 0.5) is 14.9 Å². The summed E-state index contributed by atoms with van der Waals surface area (Å²) in [5.41, 5.74) is 2.17. The first-order chi connectivity index (χ1) is 11.5. The number of urea groups is 1. The maximum absolute atomic E-state index is 13.0. The van der Waals surface area contributed by atoms with Crippen molar-refractivity contribution < 1.29 is 14.0 Å². The predicted octanol–water partition coefficient (Wildman–Crippen LogP) is 3.09. The topological polar surface area (TPSA) is 70.2 Å². The van der Waals surface area contributed by atoms with Crippen LogP contribution in [0.15, 0.2) is 65.9 Å². The molecule has 1 aliphatic rings. The number of hydrogen-bond donors (Lipinski definition) is 3. The summed E-state index contributed by atoms with van der Waals surface area (Å²) in [6.07, 6.45) is 0. The highest BCUT2D eigenvalue weighted by Gasteiger charge is 2.31. The Kier molecular flexibility index (Phi) is 4.29. The first-order valence-electron chi connectivity index (χ1n) is 7.45. The molecule has 2 aromatic rings. The van der Waals surface area contributed by atoms with Crippen LogP contribution in [0.3, 0.4) is 0 Å². The van der Waals surface area contributed by atoms with Gasteiger partial charge in [0.15, 0.2) is 0 Å². The van der Waals surface area contributed by atoms with Gasteiger partial charge in [-0.15, -0.1) is 0 Å². The van der Waals surface area contributed by atoms with E-state index in [-0.39, 0.29) is 17.8 Å². The second-order valence-corrected chi connectivity index (χ2v) is 5.44. The van der Waals surface area contributed by atoms with Gasteiger partial charge in [0.2, 0.25) is 0 Å². The van der Waals surface area contributed by atoms with E-state index < -0.39 is 6.04 Å². The van der Waals surface area contributed by atoms with Crippen molar-refractivity contribution >= 4 is 17.6 Å². The summed E-state index contributed by atoms with van der Waals surface area (Å²) < 4.78 is 13.0. The summed E-state index contributed by atoms with van der Waals surface area (Å²) in [5, 5.41) is 8.10. The number of rotatable bonds is 3. The average molecular weight is 325 g/mol. The standard InChI is InChI=1S/C18H16FN3O2/c1-11-15(17(23)21-14-9-7-13(19)8-10-14)16(22-18(24)20-11)12-5-3-2-4-6-12/h2-10,16H,1H3,(H,21,23)(H2,20,22,24). The molecule has 0 aliphatic carbocycles. The maximum Gasteiger partial charge on any atom is 0.319 e. The molecule has 1 heterocycles. The average Bonchev–Trinajstić information content (AvgIpc) is 2.57. The molecule has 6 heteroatoms. The van der Waals surface area contributed by atoms with Crippen LogP contribution in [0, 0.1) is 5.82 Å². The molecule has 0 aromatic heterocycles. The van der Waals surface area contributed by atoms with Crippen LogP contribution in [0.2, 0.25) is 0 Å². The largest absolute Gasteiger partial charge is 0.327 e. The van der Waals surface area contributed by atoms with E-state index in [0.29, 0.717) is 17.0 Å². The molecule has 5 nitrogen and oxygen atoms in total. The molecule has 0 saturated heterocycles. The molecule has 3 amide bonds. The van der Waals surface area contributed by atoms with E-state index in [2.05, 4.69) is 16.0 Å². The number of anilines is 1. The van der Waals surface area contributed by atoms with E-state index in [9.17, 15) is 14.0 Å². The van der Waals surface area contributed by atoms with Crippen molar-refractivity contribution in [3.8, 4) is 0 Å². The van der Waals surface area contributed by atoms with Crippen LogP contribution in [-0.4, -0.2) is 11.9 Å². The molecule has 1 atom stereocenters. The second-order valence-electron chi connectivity index (χ2n) is 5.44. The lowest BCUT2D eigenvalue weighted by atomic mass is 9.95. The molecule has 1 unspecified atom stereocenters. The number of amides is 3. The normalized spacial score (nSPS) is 17.1. The van der Waals surface area contributed by atoms with E-state index in [1.54, 1.807) is 6.92 Å². The zero-order valence-corrected chi connectivity index (χ0v) is 13.0. The number of carbonyl (C=O) groups is 2. The Morgan fingerprint density at radius 3 is 2.42 bits per heavy atom. The summed E-state index contributed by atoms with van der Waals surface area (Å²) in [7, 11) is 0. The number of allylic oxidation sites excluding steroid dienone is 1. The zero-order valence-electron chi connectivity index (χ0n) is 13.0. The van der Waals surface area contributed by atoms with Gasteiger partial charge in [0.25, 0.3) is 5.91 Å². The summed E-state index contributed by atoms with van der Waals surface area (Å²) in [6.45, 7) is 1.67. The highest BCUT2D eigenvalue weighted by molar-refractivity contribution is 6.06. The fraction of sp³-hybridized carbons (Fsp3) is 0.111. The molecule has 2 aromatic carbocycles. The van der Waals surface area contributed by atoms with Gasteiger partial charge in [-0.1, -0.05) is 30.3 Å². The van der Waals surface area contributed by atoms with Crippen molar-refractivity contribution in [3.05, 3.63) is 77.2 Å². The molecule has 0 spiro atoms. The van der Waals surface area contributed by atoms with Crippen LogP contribution in [0.25, 0.3) is 0 Å². The molecule has 0 fully saturated rings. The minimum atomic E-state index is -0.555. The summed E-state index contributed by atoms with van der Waals surface area (Å²) in [6, 6.07) is 13.8. The van der Waals surface area contributed by atoms with Crippen LogP contribution in [0.5, 0.6) is 0 Å². The van der Waals surface area contributed by atoms with Crippen LogP contribution in [-0.2, 0) is 4.79 Å². The third-order valence-corrected chi connectivity index (χ3v) is 3.75. The Morgan fingerprint density at radius 2 is 1.75 bits per heavy atom. The van der Waals surface area contributed by atoms with E-state index in [1.165, 1.54) is 24.3 Å².